The van der Waals surface area contributed by atoms with E-state index in [1.54, 1.807) is 24.3 Å². The lowest BCUT2D eigenvalue weighted by atomic mass is 10.1. The van der Waals surface area contributed by atoms with Crippen LogP contribution in [0.1, 0.15) is 11.1 Å². The van der Waals surface area contributed by atoms with Crippen LogP contribution in [0.15, 0.2) is 41.3 Å². The Kier molecular flexibility index (Phi) is 3.96. The maximum atomic E-state index is 12.7. The van der Waals surface area contributed by atoms with Crippen LogP contribution in [-0.4, -0.2) is 21.6 Å². The van der Waals surface area contributed by atoms with Crippen molar-refractivity contribution in [3.63, 3.8) is 0 Å². The molecule has 2 heterocycles. The molecule has 114 valence electrons. The molecule has 6 nitrogen and oxygen atoms in total. The maximum Gasteiger partial charge on any atom is 0.262 e. The molecule has 3 rings (SSSR count). The summed E-state index contributed by atoms with van der Waals surface area (Å²) in [6.45, 7) is 0.162. The second kappa shape index (κ2) is 6.07. The Morgan fingerprint density at radius 1 is 1.39 bits per heavy atom. The van der Waals surface area contributed by atoms with E-state index in [4.69, 9.17) is 21.6 Å². The number of benzene rings is 1. The number of halogens is 1. The Hall–Kier alpha value is -2.91. The van der Waals surface area contributed by atoms with E-state index in [0.29, 0.717) is 27.9 Å². The molecule has 0 saturated heterocycles. The molecule has 2 aromatic heterocycles. The summed E-state index contributed by atoms with van der Waals surface area (Å²) >= 11 is 6.14. The van der Waals surface area contributed by atoms with Crippen LogP contribution in [0.3, 0.4) is 0 Å². The predicted octanol–water partition coefficient (Wildman–Crippen LogP) is 2.37. The summed E-state index contributed by atoms with van der Waals surface area (Å²) in [5.74, 6) is 0.322. The summed E-state index contributed by atoms with van der Waals surface area (Å²) < 4.78 is 6.36. The minimum atomic E-state index is -0.312. The third-order valence-corrected chi connectivity index (χ3v) is 3.73. The standard InChI is InChI=1S/C16H11ClN4O2/c1-23-14-6-12-13(8-19-14)20-16(17)21(15(12)22)9-11-5-3-2-4-10(11)7-18/h2-6,8H,9H2,1H3. The van der Waals surface area contributed by atoms with Gasteiger partial charge in [-0.2, -0.15) is 5.26 Å². The molecule has 0 aliphatic heterocycles. The van der Waals surface area contributed by atoms with Gasteiger partial charge in [-0.05, 0) is 23.2 Å². The van der Waals surface area contributed by atoms with Gasteiger partial charge in [-0.15, -0.1) is 0 Å². The minimum absolute atomic E-state index is 0.0437. The molecule has 0 spiro atoms. The van der Waals surface area contributed by atoms with Crippen LogP contribution in [0.5, 0.6) is 5.88 Å². The van der Waals surface area contributed by atoms with E-state index in [2.05, 4.69) is 16.0 Å². The largest absolute Gasteiger partial charge is 0.481 e. The quantitative estimate of drug-likeness (QED) is 0.690. The van der Waals surface area contributed by atoms with Crippen molar-refractivity contribution < 1.29 is 4.74 Å². The number of hydrogen-bond acceptors (Lipinski definition) is 5. The van der Waals surface area contributed by atoms with Gasteiger partial charge in [0.1, 0.15) is 0 Å². The number of nitrogens with zero attached hydrogens (tertiary/aromatic N) is 4. The van der Waals surface area contributed by atoms with E-state index in [1.807, 2.05) is 0 Å². The first-order chi connectivity index (χ1) is 11.1. The van der Waals surface area contributed by atoms with Gasteiger partial charge in [0.2, 0.25) is 11.2 Å². The van der Waals surface area contributed by atoms with Gasteiger partial charge in [0.25, 0.3) is 5.56 Å². The summed E-state index contributed by atoms with van der Waals surface area (Å²) in [7, 11) is 1.47. The highest BCUT2D eigenvalue weighted by Gasteiger charge is 2.13. The number of nitriles is 1. The van der Waals surface area contributed by atoms with Gasteiger partial charge >= 0.3 is 0 Å². The molecule has 0 amide bonds. The highest BCUT2D eigenvalue weighted by Crippen LogP contribution is 2.17. The van der Waals surface area contributed by atoms with Crippen molar-refractivity contribution in [1.82, 2.24) is 14.5 Å². The first-order valence-electron chi connectivity index (χ1n) is 6.72. The molecule has 23 heavy (non-hydrogen) atoms. The third kappa shape index (κ3) is 2.74. The first-order valence-corrected chi connectivity index (χ1v) is 7.10. The zero-order chi connectivity index (χ0) is 16.4. The lowest BCUT2D eigenvalue weighted by molar-refractivity contribution is 0.398. The summed E-state index contributed by atoms with van der Waals surface area (Å²) in [4.78, 5) is 20.9. The number of methoxy groups -OCH3 is 1. The predicted molar refractivity (Wildman–Crippen MR) is 85.6 cm³/mol. The second-order valence-corrected chi connectivity index (χ2v) is 5.12. The van der Waals surface area contributed by atoms with Gasteiger partial charge in [-0.1, -0.05) is 18.2 Å². The van der Waals surface area contributed by atoms with E-state index in [0.717, 1.165) is 0 Å². The Morgan fingerprint density at radius 2 is 2.17 bits per heavy atom. The summed E-state index contributed by atoms with van der Waals surface area (Å²) in [6.07, 6.45) is 1.44. The topological polar surface area (TPSA) is 80.8 Å². The summed E-state index contributed by atoms with van der Waals surface area (Å²) in [5, 5.41) is 9.57. The molecule has 0 aliphatic rings. The summed E-state index contributed by atoms with van der Waals surface area (Å²) in [6, 6.07) is 10.7. The molecule has 0 unspecified atom stereocenters. The third-order valence-electron chi connectivity index (χ3n) is 3.44. The van der Waals surface area contributed by atoms with Crippen molar-refractivity contribution in [1.29, 1.82) is 5.26 Å². The molecule has 0 atom stereocenters. The molecule has 0 bridgehead atoms. The average Bonchev–Trinajstić information content (AvgIpc) is 2.58. The molecule has 0 N–H and O–H groups in total. The van der Waals surface area contributed by atoms with Crippen LogP contribution in [0.2, 0.25) is 5.28 Å². The van der Waals surface area contributed by atoms with Crippen LogP contribution in [0.25, 0.3) is 10.9 Å². The van der Waals surface area contributed by atoms with Crippen molar-refractivity contribution in [3.8, 4) is 11.9 Å². The molecular formula is C16H11ClN4O2. The number of pyridine rings is 1. The van der Waals surface area contributed by atoms with Gasteiger partial charge < -0.3 is 4.74 Å². The SMILES string of the molecule is COc1cc2c(=O)n(Cc3ccccc3C#N)c(Cl)nc2cn1. The first kappa shape index (κ1) is 15.0. The normalized spacial score (nSPS) is 10.5. The molecule has 0 saturated carbocycles. The monoisotopic (exact) mass is 326 g/mol. The second-order valence-electron chi connectivity index (χ2n) is 4.78. The van der Waals surface area contributed by atoms with E-state index in [9.17, 15) is 4.79 Å². The molecule has 0 aliphatic carbocycles. The Labute approximate surface area is 136 Å². The number of rotatable bonds is 3. The van der Waals surface area contributed by atoms with Crippen molar-refractivity contribution in [3.05, 3.63) is 63.3 Å². The van der Waals surface area contributed by atoms with Crippen molar-refractivity contribution in [2.75, 3.05) is 7.11 Å². The van der Waals surface area contributed by atoms with Gasteiger partial charge in [-0.25, -0.2) is 9.97 Å². The lowest BCUT2D eigenvalue weighted by Gasteiger charge is -2.10. The van der Waals surface area contributed by atoms with Crippen LogP contribution < -0.4 is 10.3 Å². The maximum absolute atomic E-state index is 12.7. The molecule has 1 aromatic carbocycles. The Morgan fingerprint density at radius 3 is 2.91 bits per heavy atom. The Balaban J connectivity index is 2.18. The van der Waals surface area contributed by atoms with Crippen LogP contribution in [0, 0.1) is 11.3 Å². The minimum Gasteiger partial charge on any atom is -0.481 e. The fraction of sp³-hybridized carbons (Fsp3) is 0.125. The van der Waals surface area contributed by atoms with Gasteiger partial charge in [0.15, 0.2) is 0 Å². The Bertz CT molecular complexity index is 992. The molecule has 0 radical (unpaired) electrons. The number of fused-ring (bicyclic) bond motifs is 1. The number of aromatic nitrogens is 3. The molecule has 7 heteroatoms. The molecule has 0 fully saturated rings. The van der Waals surface area contributed by atoms with Gasteiger partial charge in [0.05, 0.1) is 42.4 Å². The number of hydrogen-bond donors (Lipinski definition) is 0. The molecule has 3 aromatic rings. The average molecular weight is 327 g/mol. The molecular weight excluding hydrogens is 316 g/mol. The smallest absolute Gasteiger partial charge is 0.262 e. The zero-order valence-corrected chi connectivity index (χ0v) is 12.9. The van der Waals surface area contributed by atoms with Gasteiger partial charge in [0, 0.05) is 6.07 Å². The lowest BCUT2D eigenvalue weighted by Crippen LogP contribution is -2.23. The van der Waals surface area contributed by atoms with E-state index in [1.165, 1.54) is 23.9 Å². The van der Waals surface area contributed by atoms with Crippen LogP contribution in [0.4, 0.5) is 0 Å². The number of ether oxygens (including phenoxy) is 1. The van der Waals surface area contributed by atoms with Crippen molar-refractivity contribution in [2.45, 2.75) is 6.54 Å². The van der Waals surface area contributed by atoms with Crippen molar-refractivity contribution in [2.24, 2.45) is 0 Å². The van der Waals surface area contributed by atoms with Crippen LogP contribution in [-0.2, 0) is 6.54 Å². The van der Waals surface area contributed by atoms with E-state index >= 15 is 0 Å². The van der Waals surface area contributed by atoms with Crippen molar-refractivity contribution >= 4 is 22.5 Å². The van der Waals surface area contributed by atoms with Crippen LogP contribution >= 0.6 is 11.6 Å². The highest BCUT2D eigenvalue weighted by molar-refractivity contribution is 6.28. The van der Waals surface area contributed by atoms with E-state index < -0.39 is 0 Å². The fourth-order valence-electron chi connectivity index (χ4n) is 2.26. The highest BCUT2D eigenvalue weighted by atomic mass is 35.5. The fourth-order valence-corrected chi connectivity index (χ4v) is 2.49. The zero-order valence-electron chi connectivity index (χ0n) is 12.2. The van der Waals surface area contributed by atoms with E-state index in [-0.39, 0.29) is 17.4 Å². The summed E-state index contributed by atoms with van der Waals surface area (Å²) in [5.41, 5.74) is 1.27. The van der Waals surface area contributed by atoms with Gasteiger partial charge in [-0.3, -0.25) is 9.36 Å².